The number of fused-ring (bicyclic) bond motifs is 3. The lowest BCUT2D eigenvalue weighted by Crippen LogP contribution is -2.67. The molecule has 2 N–H and O–H groups in total. The number of nitrogens with zero attached hydrogens (tertiary/aromatic N) is 1. The van der Waals surface area contributed by atoms with Gasteiger partial charge in [-0.25, -0.2) is 0 Å². The zero-order chi connectivity index (χ0) is 24.2. The van der Waals surface area contributed by atoms with Crippen molar-refractivity contribution in [2.45, 2.75) is 35.9 Å². The molecule has 3 fully saturated rings. The van der Waals surface area contributed by atoms with Gasteiger partial charge in [0.25, 0.3) is 0 Å². The van der Waals surface area contributed by atoms with Crippen LogP contribution in [0.15, 0.2) is 83.8 Å². The van der Waals surface area contributed by atoms with Gasteiger partial charge in [-0.3, -0.25) is 4.90 Å². The fourth-order valence-electron chi connectivity index (χ4n) is 6.34. The number of ether oxygens (including phenoxy) is 1. The van der Waals surface area contributed by atoms with E-state index in [1.807, 2.05) is 0 Å². The molecule has 3 saturated heterocycles. The number of aliphatic hydroxyl groups is 1. The minimum absolute atomic E-state index is 0.249. The second-order valence-corrected chi connectivity index (χ2v) is 10.6. The number of thioether (sulfide) groups is 1. The van der Waals surface area contributed by atoms with E-state index in [1.165, 1.54) is 21.6 Å². The molecule has 0 radical (unpaired) electrons. The van der Waals surface area contributed by atoms with Gasteiger partial charge in [0.2, 0.25) is 0 Å². The third-order valence-corrected chi connectivity index (χ3v) is 8.71. The van der Waals surface area contributed by atoms with Gasteiger partial charge in [-0.05, 0) is 60.4 Å². The van der Waals surface area contributed by atoms with E-state index in [2.05, 4.69) is 95.3 Å². The SMILES string of the molecule is COc1ccc(SC)cc1CN[C@H]1[C@H]2CCN(C[C@@H]2CO)[C@H]1C(c1ccccc1)c1ccccc1. The second kappa shape index (κ2) is 11.2. The van der Waals surface area contributed by atoms with Gasteiger partial charge in [-0.2, -0.15) is 0 Å². The van der Waals surface area contributed by atoms with Crippen molar-refractivity contribution in [1.82, 2.24) is 10.2 Å². The summed E-state index contributed by atoms with van der Waals surface area (Å²) in [6.07, 6.45) is 3.23. The molecule has 5 atom stereocenters. The normalized spacial score (nSPS) is 25.7. The number of hydrogen-bond acceptors (Lipinski definition) is 5. The third-order valence-electron chi connectivity index (χ3n) is 7.98. The first-order chi connectivity index (χ1) is 17.2. The summed E-state index contributed by atoms with van der Waals surface area (Å²) >= 11 is 1.76. The molecule has 4 nitrogen and oxygen atoms in total. The Morgan fingerprint density at radius 3 is 2.31 bits per heavy atom. The molecule has 0 aliphatic carbocycles. The van der Waals surface area contributed by atoms with E-state index < -0.39 is 0 Å². The average Bonchev–Trinajstić information content (AvgIpc) is 2.93. The molecule has 3 aromatic carbocycles. The molecule has 35 heavy (non-hydrogen) atoms. The Labute approximate surface area is 213 Å². The topological polar surface area (TPSA) is 44.7 Å². The quantitative estimate of drug-likeness (QED) is 0.414. The van der Waals surface area contributed by atoms with Crippen LogP contribution in [0.3, 0.4) is 0 Å². The van der Waals surface area contributed by atoms with Crippen molar-refractivity contribution in [3.63, 3.8) is 0 Å². The van der Waals surface area contributed by atoms with Crippen LogP contribution in [0.25, 0.3) is 0 Å². The number of aliphatic hydroxyl groups excluding tert-OH is 1. The summed E-state index contributed by atoms with van der Waals surface area (Å²) in [7, 11) is 1.75. The summed E-state index contributed by atoms with van der Waals surface area (Å²) in [6.45, 7) is 3.05. The van der Waals surface area contributed by atoms with Gasteiger partial charge in [0.15, 0.2) is 0 Å². The smallest absolute Gasteiger partial charge is 0.123 e. The van der Waals surface area contributed by atoms with Crippen molar-refractivity contribution >= 4 is 11.8 Å². The van der Waals surface area contributed by atoms with Crippen LogP contribution in [-0.4, -0.2) is 55.2 Å². The van der Waals surface area contributed by atoms with Gasteiger partial charge in [0.05, 0.1) is 7.11 Å². The molecule has 2 bridgehead atoms. The van der Waals surface area contributed by atoms with Crippen molar-refractivity contribution in [2.75, 3.05) is 33.1 Å². The number of methoxy groups -OCH3 is 1. The van der Waals surface area contributed by atoms with Crippen LogP contribution in [0.5, 0.6) is 5.75 Å². The molecule has 3 heterocycles. The number of benzene rings is 3. The minimum Gasteiger partial charge on any atom is -0.496 e. The molecular formula is C30H36N2O2S. The molecule has 3 aliphatic heterocycles. The van der Waals surface area contributed by atoms with Crippen molar-refractivity contribution in [2.24, 2.45) is 11.8 Å². The van der Waals surface area contributed by atoms with Gasteiger partial charge in [0, 0.05) is 48.2 Å². The fourth-order valence-corrected chi connectivity index (χ4v) is 6.81. The van der Waals surface area contributed by atoms with Crippen molar-refractivity contribution in [3.05, 3.63) is 95.6 Å². The summed E-state index contributed by atoms with van der Waals surface area (Å²) < 4.78 is 5.70. The molecule has 0 amide bonds. The van der Waals surface area contributed by atoms with E-state index in [-0.39, 0.29) is 18.6 Å². The number of hydrogen-bond donors (Lipinski definition) is 2. The maximum atomic E-state index is 10.2. The van der Waals surface area contributed by atoms with Gasteiger partial charge in [0.1, 0.15) is 5.75 Å². The molecule has 5 heteroatoms. The highest BCUT2D eigenvalue weighted by Gasteiger charge is 2.50. The summed E-state index contributed by atoms with van der Waals surface area (Å²) in [5.41, 5.74) is 3.89. The van der Waals surface area contributed by atoms with E-state index in [0.717, 1.165) is 31.8 Å². The van der Waals surface area contributed by atoms with Crippen molar-refractivity contribution in [3.8, 4) is 5.75 Å². The maximum Gasteiger partial charge on any atom is 0.123 e. The lowest BCUT2D eigenvalue weighted by atomic mass is 9.66. The predicted molar refractivity (Wildman–Crippen MR) is 144 cm³/mol. The van der Waals surface area contributed by atoms with Crippen LogP contribution in [0.4, 0.5) is 0 Å². The highest BCUT2D eigenvalue weighted by Crippen LogP contribution is 2.44. The Balaban J connectivity index is 1.52. The minimum atomic E-state index is 0.249. The summed E-state index contributed by atoms with van der Waals surface area (Å²) in [4.78, 5) is 3.88. The highest BCUT2D eigenvalue weighted by molar-refractivity contribution is 7.98. The Hall–Kier alpha value is -2.31. The number of piperidine rings is 3. The molecule has 6 rings (SSSR count). The van der Waals surface area contributed by atoms with E-state index >= 15 is 0 Å². The van der Waals surface area contributed by atoms with E-state index in [0.29, 0.717) is 17.9 Å². The molecule has 3 aliphatic rings. The van der Waals surface area contributed by atoms with E-state index in [9.17, 15) is 5.11 Å². The summed E-state index contributed by atoms with van der Waals surface area (Å²) in [5, 5.41) is 14.2. The molecule has 184 valence electrons. The highest BCUT2D eigenvalue weighted by atomic mass is 32.2. The van der Waals surface area contributed by atoms with Crippen LogP contribution in [0.1, 0.15) is 29.0 Å². The Morgan fingerprint density at radius 2 is 1.71 bits per heavy atom. The zero-order valence-corrected chi connectivity index (χ0v) is 21.5. The first kappa shape index (κ1) is 24.4. The van der Waals surface area contributed by atoms with Gasteiger partial charge < -0.3 is 15.2 Å². The van der Waals surface area contributed by atoms with Crippen LogP contribution >= 0.6 is 11.8 Å². The molecule has 0 spiro atoms. The monoisotopic (exact) mass is 488 g/mol. The lowest BCUT2D eigenvalue weighted by molar-refractivity contribution is -0.0536. The standard InChI is InChI=1S/C30H36N2O2S/c1-34-27-14-13-25(35-2)17-23(27)18-31-29-26-15-16-32(19-24(26)20-33)30(29)28(21-9-5-3-6-10-21)22-11-7-4-8-12-22/h3-14,17,24,26,28-31,33H,15-16,18-20H2,1-2H3/t24-,26+,29+,30+/m1/s1. The predicted octanol–water partition coefficient (Wildman–Crippen LogP) is 5.02. The van der Waals surface area contributed by atoms with Gasteiger partial charge in [-0.15, -0.1) is 11.8 Å². The molecular weight excluding hydrogens is 452 g/mol. The first-order valence-electron chi connectivity index (χ1n) is 12.6. The van der Waals surface area contributed by atoms with Crippen LogP contribution in [-0.2, 0) is 6.54 Å². The molecule has 1 unspecified atom stereocenters. The first-order valence-corrected chi connectivity index (χ1v) is 13.8. The van der Waals surface area contributed by atoms with Crippen LogP contribution in [0.2, 0.25) is 0 Å². The van der Waals surface area contributed by atoms with E-state index in [4.69, 9.17) is 4.74 Å². The Kier molecular flexibility index (Phi) is 7.78. The Bertz CT molecular complexity index is 1050. The maximum absolute atomic E-state index is 10.2. The lowest BCUT2D eigenvalue weighted by Gasteiger charge is -2.57. The van der Waals surface area contributed by atoms with Crippen molar-refractivity contribution < 1.29 is 9.84 Å². The molecule has 0 aromatic heterocycles. The van der Waals surface area contributed by atoms with Gasteiger partial charge >= 0.3 is 0 Å². The molecule has 0 saturated carbocycles. The summed E-state index contributed by atoms with van der Waals surface area (Å²) in [6, 6.07) is 28.9. The van der Waals surface area contributed by atoms with Crippen molar-refractivity contribution in [1.29, 1.82) is 0 Å². The number of nitrogens with one attached hydrogen (secondary N) is 1. The fraction of sp³-hybridized carbons (Fsp3) is 0.400. The number of rotatable bonds is 9. The average molecular weight is 489 g/mol. The Morgan fingerprint density at radius 1 is 1.03 bits per heavy atom. The van der Waals surface area contributed by atoms with Crippen LogP contribution < -0.4 is 10.1 Å². The summed E-state index contributed by atoms with van der Waals surface area (Å²) in [5.74, 6) is 1.94. The largest absolute Gasteiger partial charge is 0.496 e. The van der Waals surface area contributed by atoms with Crippen LogP contribution in [0, 0.1) is 11.8 Å². The van der Waals surface area contributed by atoms with E-state index in [1.54, 1.807) is 18.9 Å². The molecule has 3 aromatic rings. The third kappa shape index (κ3) is 5.01. The zero-order valence-electron chi connectivity index (χ0n) is 20.6. The second-order valence-electron chi connectivity index (χ2n) is 9.76. The van der Waals surface area contributed by atoms with Gasteiger partial charge in [-0.1, -0.05) is 60.7 Å².